The van der Waals surface area contributed by atoms with Crippen LogP contribution in [0.3, 0.4) is 0 Å². The van der Waals surface area contributed by atoms with E-state index in [9.17, 15) is 15.3 Å². The molecule has 2 aromatic carbocycles. The Labute approximate surface area is 224 Å². The van der Waals surface area contributed by atoms with Gasteiger partial charge in [-0.1, -0.05) is 59.7 Å². The highest BCUT2D eigenvalue weighted by atomic mass is 16.5. The number of aliphatic hydroxyl groups is 3. The first-order valence-corrected chi connectivity index (χ1v) is 12.7. The van der Waals surface area contributed by atoms with Crippen molar-refractivity contribution in [1.82, 2.24) is 9.88 Å². The fourth-order valence-electron chi connectivity index (χ4n) is 6.68. The maximum atomic E-state index is 12.9. The maximum absolute atomic E-state index is 12.9. The number of nitrogens with zero attached hydrogens (tertiary/aromatic N) is 5. The molecule has 0 amide bonds. The molecule has 0 spiro atoms. The lowest BCUT2D eigenvalue weighted by atomic mass is 9.70. The standard InChI is InChI=1S/C28H29N5O6/c1-37-22-12-21-24(26(30-22)38-2)27(36)25(35)20(15-33-13-19(34)14-33)23(16-6-4-3-5-7-16)28(27,39-21)17-8-10-18(11-9-17)31-32-29/h3-12,19-20,23,25,34-36H,13-15H2,1-2H3/t20-,23-,25-,27+,28+/m1/s1. The molecule has 11 heteroatoms. The van der Waals surface area contributed by atoms with Gasteiger partial charge in [-0.25, -0.2) is 0 Å². The lowest BCUT2D eigenvalue weighted by Crippen LogP contribution is -2.54. The van der Waals surface area contributed by atoms with Crippen LogP contribution in [0.4, 0.5) is 5.69 Å². The Morgan fingerprint density at radius 2 is 1.82 bits per heavy atom. The Morgan fingerprint density at radius 3 is 2.44 bits per heavy atom. The second kappa shape index (κ2) is 9.41. The monoisotopic (exact) mass is 531 g/mol. The van der Waals surface area contributed by atoms with Gasteiger partial charge < -0.3 is 29.5 Å². The highest BCUT2D eigenvalue weighted by Crippen LogP contribution is 2.70. The Balaban J connectivity index is 1.62. The summed E-state index contributed by atoms with van der Waals surface area (Å²) in [5.41, 5.74) is 7.50. The number of ether oxygens (including phenoxy) is 3. The van der Waals surface area contributed by atoms with Crippen molar-refractivity contribution in [3.8, 4) is 17.5 Å². The number of hydrogen-bond acceptors (Lipinski definition) is 9. The predicted molar refractivity (Wildman–Crippen MR) is 140 cm³/mol. The van der Waals surface area contributed by atoms with Crippen molar-refractivity contribution in [1.29, 1.82) is 0 Å². The van der Waals surface area contributed by atoms with E-state index in [4.69, 9.17) is 19.7 Å². The highest BCUT2D eigenvalue weighted by molar-refractivity contribution is 5.60. The van der Waals surface area contributed by atoms with Gasteiger partial charge in [0.05, 0.1) is 32.0 Å². The van der Waals surface area contributed by atoms with Crippen molar-refractivity contribution >= 4 is 5.69 Å². The molecule has 2 aliphatic heterocycles. The second-order valence-electron chi connectivity index (χ2n) is 10.3. The van der Waals surface area contributed by atoms with Gasteiger partial charge >= 0.3 is 0 Å². The molecule has 2 fully saturated rings. The predicted octanol–water partition coefficient (Wildman–Crippen LogP) is 2.97. The number of fused-ring (bicyclic) bond motifs is 3. The third kappa shape index (κ3) is 3.59. The molecule has 5 atom stereocenters. The molecule has 1 saturated carbocycles. The molecule has 0 radical (unpaired) electrons. The second-order valence-corrected chi connectivity index (χ2v) is 10.3. The van der Waals surface area contributed by atoms with E-state index in [0.29, 0.717) is 30.9 Å². The molecular formula is C28H29N5O6. The molecule has 3 N–H and O–H groups in total. The summed E-state index contributed by atoms with van der Waals surface area (Å²) in [6.45, 7) is 1.39. The number of rotatable bonds is 7. The van der Waals surface area contributed by atoms with Crippen LogP contribution in [0.5, 0.6) is 17.5 Å². The summed E-state index contributed by atoms with van der Waals surface area (Å²) < 4.78 is 17.8. The zero-order valence-corrected chi connectivity index (χ0v) is 21.5. The van der Waals surface area contributed by atoms with Crippen LogP contribution in [0, 0.1) is 5.92 Å². The lowest BCUT2D eigenvalue weighted by molar-refractivity contribution is -0.153. The number of likely N-dealkylation sites (tertiary alicyclic amines) is 1. The number of pyridine rings is 1. The molecule has 3 heterocycles. The first-order chi connectivity index (χ1) is 18.9. The topological polar surface area (TPSA) is 153 Å². The summed E-state index contributed by atoms with van der Waals surface area (Å²) in [6, 6.07) is 18.0. The third-order valence-electron chi connectivity index (χ3n) is 8.27. The molecule has 39 heavy (non-hydrogen) atoms. The summed E-state index contributed by atoms with van der Waals surface area (Å²) in [7, 11) is 2.91. The van der Waals surface area contributed by atoms with E-state index < -0.39 is 35.2 Å². The average molecular weight is 532 g/mol. The van der Waals surface area contributed by atoms with E-state index in [-0.39, 0.29) is 23.1 Å². The van der Waals surface area contributed by atoms with E-state index >= 15 is 0 Å². The number of β-amino-alcohol motifs (C(OH)–C–C–N with tert-alkyl or cyclic N) is 1. The molecule has 202 valence electrons. The quantitative estimate of drug-likeness (QED) is 0.239. The number of aliphatic hydroxyl groups excluding tert-OH is 2. The van der Waals surface area contributed by atoms with Crippen LogP contribution >= 0.6 is 0 Å². The van der Waals surface area contributed by atoms with Crippen molar-refractivity contribution in [2.75, 3.05) is 33.9 Å². The Hall–Kier alpha value is -3.86. The van der Waals surface area contributed by atoms with Gasteiger partial charge in [-0.05, 0) is 16.7 Å². The van der Waals surface area contributed by atoms with Gasteiger partial charge in [-0.3, -0.25) is 4.90 Å². The van der Waals surface area contributed by atoms with E-state index in [0.717, 1.165) is 5.56 Å². The largest absolute Gasteiger partial charge is 0.481 e. The number of azide groups is 1. The van der Waals surface area contributed by atoms with Gasteiger partial charge in [0.25, 0.3) is 0 Å². The molecule has 6 rings (SSSR count). The summed E-state index contributed by atoms with van der Waals surface area (Å²) in [5, 5.41) is 38.7. The van der Waals surface area contributed by atoms with Crippen LogP contribution in [0.1, 0.15) is 22.6 Å². The number of hydrogen-bond donors (Lipinski definition) is 3. The zero-order chi connectivity index (χ0) is 27.4. The molecule has 3 aliphatic rings. The van der Waals surface area contributed by atoms with E-state index in [2.05, 4.69) is 19.9 Å². The minimum Gasteiger partial charge on any atom is -0.481 e. The number of methoxy groups -OCH3 is 2. The Kier molecular flexibility index (Phi) is 6.13. The summed E-state index contributed by atoms with van der Waals surface area (Å²) in [6.07, 6.45) is -1.72. The maximum Gasteiger partial charge on any atom is 0.226 e. The van der Waals surface area contributed by atoms with Crippen molar-refractivity contribution in [2.45, 2.75) is 29.3 Å². The van der Waals surface area contributed by atoms with Crippen molar-refractivity contribution < 1.29 is 29.5 Å². The first kappa shape index (κ1) is 25.4. The molecular weight excluding hydrogens is 502 g/mol. The fraction of sp³-hybridized carbons (Fsp3) is 0.393. The number of aromatic nitrogens is 1. The molecule has 1 aliphatic carbocycles. The summed E-state index contributed by atoms with van der Waals surface area (Å²) >= 11 is 0. The molecule has 1 saturated heterocycles. The molecule has 0 unspecified atom stereocenters. The van der Waals surface area contributed by atoms with Crippen LogP contribution in [0.15, 0.2) is 65.8 Å². The van der Waals surface area contributed by atoms with Crippen LogP contribution < -0.4 is 14.2 Å². The van der Waals surface area contributed by atoms with Crippen LogP contribution in [0.25, 0.3) is 10.4 Å². The van der Waals surface area contributed by atoms with E-state index in [1.807, 2.05) is 30.3 Å². The van der Waals surface area contributed by atoms with Gasteiger partial charge in [-0.15, -0.1) is 0 Å². The minimum absolute atomic E-state index is 0.0882. The van der Waals surface area contributed by atoms with Crippen molar-refractivity contribution in [2.24, 2.45) is 11.0 Å². The van der Waals surface area contributed by atoms with E-state index in [1.165, 1.54) is 14.2 Å². The van der Waals surface area contributed by atoms with Gasteiger partial charge in [-0.2, -0.15) is 4.98 Å². The van der Waals surface area contributed by atoms with Gasteiger partial charge in [0, 0.05) is 48.1 Å². The summed E-state index contributed by atoms with van der Waals surface area (Å²) in [4.78, 5) is 9.34. The van der Waals surface area contributed by atoms with Crippen LogP contribution in [0.2, 0.25) is 0 Å². The third-order valence-corrected chi connectivity index (χ3v) is 8.27. The zero-order valence-electron chi connectivity index (χ0n) is 21.5. The molecule has 3 aromatic rings. The van der Waals surface area contributed by atoms with E-state index in [1.54, 1.807) is 30.3 Å². The molecule has 1 aromatic heterocycles. The fourth-order valence-corrected chi connectivity index (χ4v) is 6.68. The molecule has 11 nitrogen and oxygen atoms in total. The van der Waals surface area contributed by atoms with Gasteiger partial charge in [0.1, 0.15) is 5.75 Å². The Morgan fingerprint density at radius 1 is 1.10 bits per heavy atom. The number of benzene rings is 2. The summed E-state index contributed by atoms with van der Waals surface area (Å²) in [5.74, 6) is -0.421. The minimum atomic E-state index is -1.98. The molecule has 0 bridgehead atoms. The average Bonchev–Trinajstić information content (AvgIpc) is 3.31. The lowest BCUT2D eigenvalue weighted by Gasteiger charge is -2.42. The SMILES string of the molecule is COc1cc2c(c(OC)n1)[C@]1(O)[C@H](O)[C@H](CN3CC(O)C3)[C@@H](c3ccccc3)[C@]1(c1ccc(N=[N+]=[N-])cc1)O2. The highest BCUT2D eigenvalue weighted by Gasteiger charge is 2.77. The van der Waals surface area contributed by atoms with Gasteiger partial charge in [0.2, 0.25) is 11.8 Å². The smallest absolute Gasteiger partial charge is 0.226 e. The van der Waals surface area contributed by atoms with Gasteiger partial charge in [0.15, 0.2) is 11.2 Å². The normalized spacial score (nSPS) is 29.5. The van der Waals surface area contributed by atoms with Crippen LogP contribution in [-0.2, 0) is 11.2 Å². The van der Waals surface area contributed by atoms with Crippen molar-refractivity contribution in [3.63, 3.8) is 0 Å². The Bertz CT molecular complexity index is 1430. The van der Waals surface area contributed by atoms with Crippen LogP contribution in [-0.4, -0.2) is 71.3 Å². The first-order valence-electron chi connectivity index (χ1n) is 12.7. The van der Waals surface area contributed by atoms with Crippen molar-refractivity contribution in [3.05, 3.63) is 87.8 Å².